The molecule has 0 aliphatic heterocycles. The average Bonchev–Trinajstić information content (AvgIpc) is 2.76. The van der Waals surface area contributed by atoms with Crippen LogP contribution >= 0.6 is 0 Å². The zero-order chi connectivity index (χ0) is 19.8. The van der Waals surface area contributed by atoms with E-state index in [0.29, 0.717) is 0 Å². The van der Waals surface area contributed by atoms with Crippen molar-refractivity contribution in [3.05, 3.63) is 0 Å². The van der Waals surface area contributed by atoms with Crippen molar-refractivity contribution < 1.29 is 0 Å². The quantitative estimate of drug-likeness (QED) is 0.467. The van der Waals surface area contributed by atoms with E-state index < -0.39 is 0 Å². The molecule has 0 heterocycles. The molecular formula is C28H49N. The molecule has 0 bridgehead atoms. The van der Waals surface area contributed by atoms with E-state index in [1.807, 2.05) is 0 Å². The zero-order valence-electron chi connectivity index (χ0n) is 19.7. The summed E-state index contributed by atoms with van der Waals surface area (Å²) in [6, 6.07) is 2.83. The van der Waals surface area contributed by atoms with Crippen LogP contribution in [0.3, 0.4) is 0 Å². The summed E-state index contributed by atoms with van der Waals surface area (Å²) in [5, 5.41) is 0. The molecular weight excluding hydrogens is 350 g/mol. The third-order valence-electron chi connectivity index (χ3n) is 10.6. The third-order valence-corrected chi connectivity index (χ3v) is 10.6. The van der Waals surface area contributed by atoms with Gasteiger partial charge in [-0.15, -0.1) is 0 Å². The van der Waals surface area contributed by atoms with Crippen LogP contribution in [0.25, 0.3) is 0 Å². The second-order valence-corrected chi connectivity index (χ2v) is 12.4. The SMILES string of the molecule is CC1CCC(N(C2CCC(C)CC2)C2C3CCCCC3CC3CCCCC32)CC1. The second kappa shape index (κ2) is 9.22. The fourth-order valence-corrected chi connectivity index (χ4v) is 8.97. The Labute approximate surface area is 181 Å². The molecule has 0 aromatic carbocycles. The van der Waals surface area contributed by atoms with Gasteiger partial charge in [0.05, 0.1) is 0 Å². The molecule has 4 atom stereocenters. The summed E-state index contributed by atoms with van der Waals surface area (Å²) < 4.78 is 0. The van der Waals surface area contributed by atoms with Gasteiger partial charge in [-0.3, -0.25) is 4.90 Å². The van der Waals surface area contributed by atoms with Crippen LogP contribution in [0.4, 0.5) is 0 Å². The summed E-state index contributed by atoms with van der Waals surface area (Å²) in [5.41, 5.74) is 0. The predicted molar refractivity (Wildman–Crippen MR) is 124 cm³/mol. The molecule has 0 aromatic heterocycles. The highest BCUT2D eigenvalue weighted by atomic mass is 15.2. The summed E-state index contributed by atoms with van der Waals surface area (Å²) in [5.74, 6) is 6.25. The van der Waals surface area contributed by atoms with Gasteiger partial charge in [-0.2, -0.15) is 0 Å². The Morgan fingerprint density at radius 2 is 0.897 bits per heavy atom. The lowest BCUT2D eigenvalue weighted by atomic mass is 9.56. The maximum atomic E-state index is 3.32. The highest BCUT2D eigenvalue weighted by Gasteiger charge is 2.50. The average molecular weight is 400 g/mol. The molecule has 166 valence electrons. The Hall–Kier alpha value is -0.0400. The molecule has 1 heteroatoms. The van der Waals surface area contributed by atoms with Crippen molar-refractivity contribution in [2.24, 2.45) is 35.5 Å². The van der Waals surface area contributed by atoms with E-state index in [1.165, 1.54) is 77.0 Å². The highest BCUT2D eigenvalue weighted by molar-refractivity contribution is 5.03. The first-order chi connectivity index (χ1) is 14.2. The molecule has 0 radical (unpaired) electrons. The molecule has 5 aliphatic rings. The zero-order valence-corrected chi connectivity index (χ0v) is 19.7. The Morgan fingerprint density at radius 1 is 0.483 bits per heavy atom. The van der Waals surface area contributed by atoms with Crippen LogP contribution in [-0.2, 0) is 0 Å². The van der Waals surface area contributed by atoms with Gasteiger partial charge in [0.1, 0.15) is 0 Å². The lowest BCUT2D eigenvalue weighted by Gasteiger charge is -2.59. The van der Waals surface area contributed by atoms with E-state index in [0.717, 1.165) is 53.6 Å². The van der Waals surface area contributed by atoms with Crippen molar-refractivity contribution in [1.29, 1.82) is 0 Å². The third kappa shape index (κ3) is 4.33. The van der Waals surface area contributed by atoms with Gasteiger partial charge in [-0.05, 0) is 106 Å². The molecule has 4 unspecified atom stereocenters. The molecule has 5 rings (SSSR count). The number of rotatable bonds is 3. The van der Waals surface area contributed by atoms with Crippen molar-refractivity contribution in [1.82, 2.24) is 4.90 Å². The maximum Gasteiger partial charge on any atom is 0.0163 e. The first-order valence-electron chi connectivity index (χ1n) is 14.0. The van der Waals surface area contributed by atoms with Gasteiger partial charge >= 0.3 is 0 Å². The largest absolute Gasteiger partial charge is 0.294 e. The van der Waals surface area contributed by atoms with Crippen LogP contribution in [0.2, 0.25) is 0 Å². The van der Waals surface area contributed by atoms with Gasteiger partial charge < -0.3 is 0 Å². The van der Waals surface area contributed by atoms with E-state index in [9.17, 15) is 0 Å². The molecule has 0 saturated heterocycles. The van der Waals surface area contributed by atoms with Crippen molar-refractivity contribution in [3.8, 4) is 0 Å². The summed E-state index contributed by atoms with van der Waals surface area (Å²) in [6.07, 6.45) is 26.1. The first-order valence-corrected chi connectivity index (χ1v) is 14.0. The van der Waals surface area contributed by atoms with Crippen molar-refractivity contribution in [2.75, 3.05) is 0 Å². The fraction of sp³-hybridized carbons (Fsp3) is 1.00. The van der Waals surface area contributed by atoms with E-state index in [-0.39, 0.29) is 0 Å². The normalized spacial score (nSPS) is 48.7. The number of hydrogen-bond donors (Lipinski definition) is 0. The van der Waals surface area contributed by atoms with E-state index in [2.05, 4.69) is 18.7 Å². The molecule has 0 aromatic rings. The van der Waals surface area contributed by atoms with E-state index >= 15 is 0 Å². The fourth-order valence-electron chi connectivity index (χ4n) is 8.97. The molecule has 0 spiro atoms. The Bertz CT molecular complexity index is 468. The number of nitrogens with zero attached hydrogens (tertiary/aromatic N) is 1. The van der Waals surface area contributed by atoms with Crippen LogP contribution in [0.15, 0.2) is 0 Å². The Morgan fingerprint density at radius 3 is 1.34 bits per heavy atom. The minimum atomic E-state index is 0.929. The predicted octanol–water partition coefficient (Wildman–Crippen LogP) is 7.83. The van der Waals surface area contributed by atoms with Crippen LogP contribution < -0.4 is 0 Å². The van der Waals surface area contributed by atoms with Crippen LogP contribution in [-0.4, -0.2) is 23.0 Å². The van der Waals surface area contributed by atoms with Crippen molar-refractivity contribution >= 4 is 0 Å². The summed E-state index contributed by atoms with van der Waals surface area (Å²) >= 11 is 0. The van der Waals surface area contributed by atoms with E-state index in [4.69, 9.17) is 0 Å². The topological polar surface area (TPSA) is 3.24 Å². The van der Waals surface area contributed by atoms with Crippen LogP contribution in [0.5, 0.6) is 0 Å². The van der Waals surface area contributed by atoms with Gasteiger partial charge in [0.15, 0.2) is 0 Å². The van der Waals surface area contributed by atoms with Gasteiger partial charge in [0, 0.05) is 18.1 Å². The molecule has 5 saturated carbocycles. The Kier molecular flexibility index (Phi) is 6.62. The second-order valence-electron chi connectivity index (χ2n) is 12.4. The van der Waals surface area contributed by atoms with Crippen molar-refractivity contribution in [2.45, 2.75) is 141 Å². The smallest absolute Gasteiger partial charge is 0.0163 e. The Balaban J connectivity index is 1.45. The molecule has 5 aliphatic carbocycles. The lowest BCUT2D eigenvalue weighted by molar-refractivity contribution is -0.0938. The first kappa shape index (κ1) is 20.8. The number of hydrogen-bond acceptors (Lipinski definition) is 1. The van der Waals surface area contributed by atoms with Gasteiger partial charge in [-0.1, -0.05) is 52.4 Å². The lowest BCUT2D eigenvalue weighted by Crippen LogP contribution is -2.61. The summed E-state index contributed by atoms with van der Waals surface area (Å²) in [6.45, 7) is 5.02. The maximum absolute atomic E-state index is 3.32. The monoisotopic (exact) mass is 399 g/mol. The standard InChI is InChI=1S/C28H49N/c1-20-11-15-24(16-12-20)29(25-17-13-21(2)14-18-25)28-26-9-5-3-7-22(26)19-23-8-4-6-10-27(23)28/h20-28H,3-19H2,1-2H3. The number of fused-ring (bicyclic) bond motifs is 2. The summed E-state index contributed by atoms with van der Waals surface area (Å²) in [7, 11) is 0. The van der Waals surface area contributed by atoms with E-state index in [1.54, 1.807) is 32.1 Å². The highest BCUT2D eigenvalue weighted by Crippen LogP contribution is 2.53. The van der Waals surface area contributed by atoms with Crippen LogP contribution in [0, 0.1) is 35.5 Å². The summed E-state index contributed by atoms with van der Waals surface area (Å²) in [4.78, 5) is 3.32. The molecule has 29 heavy (non-hydrogen) atoms. The molecule has 0 amide bonds. The van der Waals surface area contributed by atoms with Gasteiger partial charge in [-0.25, -0.2) is 0 Å². The molecule has 0 N–H and O–H groups in total. The van der Waals surface area contributed by atoms with Crippen molar-refractivity contribution in [3.63, 3.8) is 0 Å². The minimum Gasteiger partial charge on any atom is -0.294 e. The van der Waals surface area contributed by atoms with Gasteiger partial charge in [0.25, 0.3) is 0 Å². The van der Waals surface area contributed by atoms with Gasteiger partial charge in [0.2, 0.25) is 0 Å². The van der Waals surface area contributed by atoms with Crippen LogP contribution in [0.1, 0.15) is 123 Å². The minimum absolute atomic E-state index is 0.929. The molecule has 1 nitrogen and oxygen atoms in total. The molecule has 5 fully saturated rings.